The minimum Gasteiger partial charge on any atom is -0.455 e. The Morgan fingerprint density at radius 3 is 2.62 bits per heavy atom. The van der Waals surface area contributed by atoms with Crippen molar-refractivity contribution in [3.63, 3.8) is 0 Å². The predicted molar refractivity (Wildman–Crippen MR) is 124 cm³/mol. The van der Waals surface area contributed by atoms with Crippen LogP contribution >= 0.6 is 23.2 Å². The minimum absolute atomic E-state index is 0.00398. The van der Waals surface area contributed by atoms with Crippen LogP contribution in [-0.2, 0) is 6.42 Å². The number of benzene rings is 2. The number of nitrogens with one attached hydrogen (secondary N) is 2. The molecule has 0 bridgehead atoms. The standard InChI is InChI=1S/C22H18Cl2N4O4/c1-12-20-17(27-26-14-6-8-15(9-7-14)28(30)31)3-2-4-19(20)32-21(12)22(29)25-18-11-13(23)5-10-16(18)24/h5-11,26H,2-4H2,1H3,(H,25,29)/b27-17+. The van der Waals surface area contributed by atoms with Crippen LogP contribution in [0.5, 0.6) is 0 Å². The topological polar surface area (TPSA) is 110 Å². The van der Waals surface area contributed by atoms with Crippen molar-refractivity contribution in [1.82, 2.24) is 0 Å². The van der Waals surface area contributed by atoms with E-state index in [1.165, 1.54) is 12.1 Å². The lowest BCUT2D eigenvalue weighted by molar-refractivity contribution is -0.384. The van der Waals surface area contributed by atoms with Gasteiger partial charge in [-0.2, -0.15) is 5.10 Å². The molecule has 2 aromatic carbocycles. The zero-order valence-corrected chi connectivity index (χ0v) is 18.5. The summed E-state index contributed by atoms with van der Waals surface area (Å²) in [5.74, 6) is 0.458. The molecule has 1 aliphatic carbocycles. The number of carbonyl (C=O) groups excluding carboxylic acids is 1. The fourth-order valence-electron chi connectivity index (χ4n) is 3.56. The molecule has 10 heteroatoms. The van der Waals surface area contributed by atoms with Gasteiger partial charge in [-0.3, -0.25) is 20.3 Å². The quantitative estimate of drug-likeness (QED) is 0.338. The first kappa shape index (κ1) is 21.9. The van der Waals surface area contributed by atoms with Gasteiger partial charge in [-0.15, -0.1) is 0 Å². The van der Waals surface area contributed by atoms with Crippen LogP contribution in [0.25, 0.3) is 0 Å². The summed E-state index contributed by atoms with van der Waals surface area (Å²) < 4.78 is 5.89. The normalized spacial score (nSPS) is 14.2. The Hall–Kier alpha value is -3.36. The van der Waals surface area contributed by atoms with Crippen LogP contribution in [0.4, 0.5) is 17.1 Å². The fourth-order valence-corrected chi connectivity index (χ4v) is 3.90. The molecule has 4 rings (SSSR count). The number of anilines is 2. The molecule has 0 spiro atoms. The Morgan fingerprint density at radius 1 is 1.16 bits per heavy atom. The summed E-state index contributed by atoms with van der Waals surface area (Å²) in [7, 11) is 0. The van der Waals surface area contributed by atoms with Crippen LogP contribution in [0.1, 0.15) is 40.3 Å². The molecule has 32 heavy (non-hydrogen) atoms. The van der Waals surface area contributed by atoms with E-state index in [1.54, 1.807) is 30.3 Å². The molecular formula is C22H18Cl2N4O4. The maximum absolute atomic E-state index is 12.9. The van der Waals surface area contributed by atoms with Crippen molar-refractivity contribution < 1.29 is 14.1 Å². The van der Waals surface area contributed by atoms with Gasteiger partial charge in [0, 0.05) is 34.7 Å². The number of halogens is 2. The Bertz CT molecular complexity index is 1240. The zero-order valence-electron chi connectivity index (χ0n) is 16.9. The number of nitrogens with zero attached hydrogens (tertiary/aromatic N) is 2. The lowest BCUT2D eigenvalue weighted by atomic mass is 9.93. The summed E-state index contributed by atoms with van der Waals surface area (Å²) in [6.45, 7) is 1.81. The van der Waals surface area contributed by atoms with E-state index in [-0.39, 0.29) is 11.4 Å². The number of hydrogen-bond acceptors (Lipinski definition) is 6. The molecule has 1 heterocycles. The number of furan rings is 1. The van der Waals surface area contributed by atoms with Crippen molar-refractivity contribution in [1.29, 1.82) is 0 Å². The highest BCUT2D eigenvalue weighted by Crippen LogP contribution is 2.32. The molecule has 0 atom stereocenters. The molecule has 1 aliphatic rings. The van der Waals surface area contributed by atoms with Gasteiger partial charge in [0.2, 0.25) is 0 Å². The first-order valence-electron chi connectivity index (χ1n) is 9.79. The van der Waals surface area contributed by atoms with E-state index in [0.29, 0.717) is 45.6 Å². The molecule has 2 N–H and O–H groups in total. The van der Waals surface area contributed by atoms with Gasteiger partial charge >= 0.3 is 0 Å². The minimum atomic E-state index is -0.457. The number of rotatable bonds is 5. The Labute approximate surface area is 193 Å². The second-order valence-electron chi connectivity index (χ2n) is 7.26. The van der Waals surface area contributed by atoms with Crippen LogP contribution in [0, 0.1) is 17.0 Å². The monoisotopic (exact) mass is 472 g/mol. The summed E-state index contributed by atoms with van der Waals surface area (Å²) in [5, 5.41) is 18.8. The summed E-state index contributed by atoms with van der Waals surface area (Å²) >= 11 is 12.1. The van der Waals surface area contributed by atoms with E-state index < -0.39 is 10.8 Å². The molecule has 0 unspecified atom stereocenters. The zero-order chi connectivity index (χ0) is 22.8. The van der Waals surface area contributed by atoms with Crippen LogP contribution in [0.3, 0.4) is 0 Å². The van der Waals surface area contributed by atoms with Gasteiger partial charge in [-0.1, -0.05) is 23.2 Å². The molecule has 0 radical (unpaired) electrons. The van der Waals surface area contributed by atoms with E-state index in [2.05, 4.69) is 15.8 Å². The first-order chi connectivity index (χ1) is 15.3. The third kappa shape index (κ3) is 4.46. The molecular weight excluding hydrogens is 455 g/mol. The Morgan fingerprint density at radius 2 is 1.91 bits per heavy atom. The third-order valence-electron chi connectivity index (χ3n) is 5.11. The number of nitro groups is 1. The van der Waals surface area contributed by atoms with Gasteiger partial charge in [-0.05, 0) is 50.1 Å². The van der Waals surface area contributed by atoms with Gasteiger partial charge in [0.1, 0.15) is 5.76 Å². The maximum atomic E-state index is 12.9. The van der Waals surface area contributed by atoms with Gasteiger partial charge < -0.3 is 9.73 Å². The molecule has 164 valence electrons. The highest BCUT2D eigenvalue weighted by atomic mass is 35.5. The van der Waals surface area contributed by atoms with Crippen molar-refractivity contribution in [2.24, 2.45) is 5.10 Å². The highest BCUT2D eigenvalue weighted by molar-refractivity contribution is 6.35. The summed E-state index contributed by atoms with van der Waals surface area (Å²) in [6, 6.07) is 10.8. The van der Waals surface area contributed by atoms with Crippen LogP contribution in [-0.4, -0.2) is 16.5 Å². The number of nitro benzene ring substituents is 1. The number of hydrogen-bond donors (Lipinski definition) is 2. The predicted octanol–water partition coefficient (Wildman–Crippen LogP) is 6.21. The van der Waals surface area contributed by atoms with E-state index in [1.807, 2.05) is 6.92 Å². The number of non-ortho nitro benzene ring substituents is 1. The van der Waals surface area contributed by atoms with E-state index in [0.717, 1.165) is 17.7 Å². The van der Waals surface area contributed by atoms with E-state index in [9.17, 15) is 14.9 Å². The molecule has 0 saturated heterocycles. The summed E-state index contributed by atoms with van der Waals surface area (Å²) in [4.78, 5) is 23.2. The van der Waals surface area contributed by atoms with Gasteiger partial charge in [0.25, 0.3) is 11.6 Å². The highest BCUT2D eigenvalue weighted by Gasteiger charge is 2.28. The van der Waals surface area contributed by atoms with Crippen LogP contribution in [0.2, 0.25) is 10.0 Å². The van der Waals surface area contributed by atoms with Crippen LogP contribution in [0.15, 0.2) is 52.0 Å². The smallest absolute Gasteiger partial charge is 0.291 e. The molecule has 0 fully saturated rings. The molecule has 0 aliphatic heterocycles. The number of carbonyl (C=O) groups is 1. The number of hydrazone groups is 1. The number of amides is 1. The number of fused-ring (bicyclic) bond motifs is 1. The SMILES string of the molecule is Cc1c(C(=O)Nc2cc(Cl)ccc2Cl)oc2c1/C(=N/Nc1ccc([N+](=O)[O-])cc1)CCC2. The molecule has 3 aromatic rings. The molecule has 8 nitrogen and oxygen atoms in total. The van der Waals surface area contributed by atoms with Crippen molar-refractivity contribution in [2.45, 2.75) is 26.2 Å². The van der Waals surface area contributed by atoms with E-state index in [4.69, 9.17) is 27.6 Å². The van der Waals surface area contributed by atoms with Crippen molar-refractivity contribution in [3.05, 3.63) is 85.3 Å². The average molecular weight is 473 g/mol. The molecule has 1 aromatic heterocycles. The number of aryl methyl sites for hydroxylation is 1. The van der Waals surface area contributed by atoms with Crippen molar-refractivity contribution in [2.75, 3.05) is 10.7 Å². The van der Waals surface area contributed by atoms with Crippen molar-refractivity contribution in [3.8, 4) is 0 Å². The molecule has 1 amide bonds. The second-order valence-corrected chi connectivity index (χ2v) is 8.10. The second kappa shape index (κ2) is 9.02. The average Bonchev–Trinajstić information content (AvgIpc) is 3.12. The third-order valence-corrected chi connectivity index (χ3v) is 5.67. The first-order valence-corrected chi connectivity index (χ1v) is 10.5. The van der Waals surface area contributed by atoms with Crippen molar-refractivity contribution >= 4 is 51.9 Å². The largest absolute Gasteiger partial charge is 0.455 e. The van der Waals surface area contributed by atoms with Gasteiger partial charge in [-0.25, -0.2) is 0 Å². The lowest BCUT2D eigenvalue weighted by Gasteiger charge is -2.13. The Balaban J connectivity index is 1.58. The van der Waals surface area contributed by atoms with Gasteiger partial charge in [0.15, 0.2) is 5.76 Å². The Kier molecular flexibility index (Phi) is 6.16. The fraction of sp³-hybridized carbons (Fsp3) is 0.182. The van der Waals surface area contributed by atoms with E-state index >= 15 is 0 Å². The maximum Gasteiger partial charge on any atom is 0.291 e. The lowest BCUT2D eigenvalue weighted by Crippen LogP contribution is -2.14. The van der Waals surface area contributed by atoms with Crippen LogP contribution < -0.4 is 10.7 Å². The summed E-state index contributed by atoms with van der Waals surface area (Å²) in [5.41, 5.74) is 6.18. The summed E-state index contributed by atoms with van der Waals surface area (Å²) in [6.07, 6.45) is 2.22. The van der Waals surface area contributed by atoms with Gasteiger partial charge in [0.05, 0.1) is 27.0 Å². The molecule has 0 saturated carbocycles.